The molecule has 1 atom stereocenters. The minimum Gasteiger partial charge on any atom is -0.494 e. The van der Waals surface area contributed by atoms with E-state index in [0.29, 0.717) is 0 Å². The van der Waals surface area contributed by atoms with Crippen molar-refractivity contribution in [2.75, 3.05) is 7.11 Å². The third kappa shape index (κ3) is 5.06. The Kier molecular flexibility index (Phi) is 5.29. The molecule has 1 aromatic carbocycles. The summed E-state index contributed by atoms with van der Waals surface area (Å²) in [7, 11) is 1.34. The first-order valence-electron chi connectivity index (χ1n) is 6.60. The van der Waals surface area contributed by atoms with Crippen LogP contribution in [0.1, 0.15) is 38.1 Å². The number of carbonyl (C=O) groups is 2. The molecule has 1 rings (SSSR count). The monoisotopic (exact) mass is 296 g/mol. The van der Waals surface area contributed by atoms with Crippen LogP contribution in [0.2, 0.25) is 0 Å². The number of hydrogen-bond donors (Lipinski definition) is 2. The third-order valence-corrected chi connectivity index (χ3v) is 2.65. The number of nitrogens with one attached hydrogen (secondary N) is 2. The minimum absolute atomic E-state index is 0.0603. The molecule has 0 aliphatic carbocycles. The maximum absolute atomic E-state index is 13.5. The molecule has 0 aliphatic rings. The van der Waals surface area contributed by atoms with Gasteiger partial charge in [0.2, 0.25) is 5.91 Å². The molecule has 1 unspecified atom stereocenters. The number of ether oxygens (including phenoxy) is 1. The van der Waals surface area contributed by atoms with E-state index in [1.54, 1.807) is 6.92 Å². The molecular weight excluding hydrogens is 275 g/mol. The maximum Gasteiger partial charge on any atom is 0.252 e. The van der Waals surface area contributed by atoms with Gasteiger partial charge in [-0.15, -0.1) is 0 Å². The van der Waals surface area contributed by atoms with E-state index in [0.717, 1.165) is 6.07 Å². The van der Waals surface area contributed by atoms with Gasteiger partial charge in [-0.05, 0) is 45.9 Å². The van der Waals surface area contributed by atoms with Gasteiger partial charge in [0.1, 0.15) is 6.04 Å². The second-order valence-electron chi connectivity index (χ2n) is 5.78. The summed E-state index contributed by atoms with van der Waals surface area (Å²) >= 11 is 0. The zero-order chi connectivity index (χ0) is 16.2. The Balaban J connectivity index is 2.72. The molecule has 2 amide bonds. The minimum atomic E-state index is -0.720. The number of halogens is 1. The highest BCUT2D eigenvalue weighted by molar-refractivity contribution is 5.97. The first-order valence-corrected chi connectivity index (χ1v) is 6.60. The Labute approximate surface area is 123 Å². The van der Waals surface area contributed by atoms with Crippen molar-refractivity contribution in [3.8, 4) is 5.75 Å². The fourth-order valence-corrected chi connectivity index (χ4v) is 1.63. The van der Waals surface area contributed by atoms with Crippen LogP contribution in [0.4, 0.5) is 4.39 Å². The molecule has 0 aliphatic heterocycles. The van der Waals surface area contributed by atoms with Crippen molar-refractivity contribution in [3.05, 3.63) is 29.6 Å². The van der Waals surface area contributed by atoms with E-state index in [2.05, 4.69) is 10.6 Å². The molecule has 2 N–H and O–H groups in total. The molecule has 0 saturated carbocycles. The Morgan fingerprint density at radius 1 is 1.29 bits per heavy atom. The number of carbonyl (C=O) groups excluding carboxylic acids is 2. The summed E-state index contributed by atoms with van der Waals surface area (Å²) in [6.07, 6.45) is 0. The van der Waals surface area contributed by atoms with Crippen molar-refractivity contribution in [2.24, 2.45) is 0 Å². The van der Waals surface area contributed by atoms with Gasteiger partial charge in [-0.25, -0.2) is 4.39 Å². The summed E-state index contributed by atoms with van der Waals surface area (Å²) < 4.78 is 18.3. The SMILES string of the molecule is COc1ccc(C(=O)NC(C)C(=O)NC(C)(C)C)cc1F. The summed E-state index contributed by atoms with van der Waals surface area (Å²) in [6.45, 7) is 7.10. The van der Waals surface area contributed by atoms with Crippen LogP contribution in [-0.4, -0.2) is 30.5 Å². The lowest BCUT2D eigenvalue weighted by molar-refractivity contribution is -0.124. The molecule has 5 nitrogen and oxygen atoms in total. The highest BCUT2D eigenvalue weighted by Gasteiger charge is 2.21. The van der Waals surface area contributed by atoms with Crippen LogP contribution >= 0.6 is 0 Å². The van der Waals surface area contributed by atoms with Crippen LogP contribution in [-0.2, 0) is 4.79 Å². The number of amides is 2. The zero-order valence-corrected chi connectivity index (χ0v) is 12.9. The highest BCUT2D eigenvalue weighted by atomic mass is 19.1. The molecule has 6 heteroatoms. The largest absolute Gasteiger partial charge is 0.494 e. The van der Waals surface area contributed by atoms with Gasteiger partial charge in [-0.2, -0.15) is 0 Å². The summed E-state index contributed by atoms with van der Waals surface area (Å²) in [5, 5.41) is 5.28. The topological polar surface area (TPSA) is 67.4 Å². The number of methoxy groups -OCH3 is 1. The summed E-state index contributed by atoms with van der Waals surface area (Å²) in [5.74, 6) is -1.39. The highest BCUT2D eigenvalue weighted by Crippen LogP contribution is 2.17. The van der Waals surface area contributed by atoms with Gasteiger partial charge in [0.25, 0.3) is 5.91 Å². The van der Waals surface area contributed by atoms with Crippen molar-refractivity contribution < 1.29 is 18.7 Å². The van der Waals surface area contributed by atoms with Gasteiger partial charge in [-0.1, -0.05) is 0 Å². The molecule has 0 bridgehead atoms. The van der Waals surface area contributed by atoms with Crippen LogP contribution in [0, 0.1) is 5.82 Å². The van der Waals surface area contributed by atoms with E-state index in [9.17, 15) is 14.0 Å². The standard InChI is InChI=1S/C15H21FN2O3/c1-9(13(19)18-15(2,3)4)17-14(20)10-6-7-12(21-5)11(16)8-10/h6-9H,1-5H3,(H,17,20)(H,18,19). The van der Waals surface area contributed by atoms with Crippen LogP contribution in [0.3, 0.4) is 0 Å². The second kappa shape index (κ2) is 6.56. The van der Waals surface area contributed by atoms with Gasteiger partial charge in [0, 0.05) is 11.1 Å². The van der Waals surface area contributed by atoms with Crippen LogP contribution in [0.25, 0.3) is 0 Å². The number of rotatable bonds is 4. The van der Waals surface area contributed by atoms with Crippen molar-refractivity contribution in [1.82, 2.24) is 10.6 Å². The van der Waals surface area contributed by atoms with Crippen LogP contribution in [0.15, 0.2) is 18.2 Å². The quantitative estimate of drug-likeness (QED) is 0.891. The van der Waals surface area contributed by atoms with Gasteiger partial charge in [-0.3, -0.25) is 9.59 Å². The first-order chi connectivity index (χ1) is 9.64. The van der Waals surface area contributed by atoms with Gasteiger partial charge >= 0.3 is 0 Å². The zero-order valence-electron chi connectivity index (χ0n) is 12.9. The van der Waals surface area contributed by atoms with Crippen LogP contribution < -0.4 is 15.4 Å². The lowest BCUT2D eigenvalue weighted by atomic mass is 10.1. The first kappa shape index (κ1) is 16.9. The van der Waals surface area contributed by atoms with Gasteiger partial charge < -0.3 is 15.4 Å². The molecule has 116 valence electrons. The van der Waals surface area contributed by atoms with Crippen molar-refractivity contribution in [1.29, 1.82) is 0 Å². The Hall–Kier alpha value is -2.11. The molecule has 0 aromatic heterocycles. The second-order valence-corrected chi connectivity index (χ2v) is 5.78. The van der Waals surface area contributed by atoms with E-state index in [1.807, 2.05) is 20.8 Å². The Morgan fingerprint density at radius 3 is 2.38 bits per heavy atom. The average molecular weight is 296 g/mol. The molecule has 0 fully saturated rings. The third-order valence-electron chi connectivity index (χ3n) is 2.65. The van der Waals surface area contributed by atoms with E-state index in [-0.39, 0.29) is 22.8 Å². The lowest BCUT2D eigenvalue weighted by Gasteiger charge is -2.23. The Bertz CT molecular complexity index is 538. The molecular formula is C15H21FN2O3. The molecule has 0 spiro atoms. The average Bonchev–Trinajstić information content (AvgIpc) is 2.36. The van der Waals surface area contributed by atoms with E-state index >= 15 is 0 Å². The number of benzene rings is 1. The maximum atomic E-state index is 13.5. The van der Waals surface area contributed by atoms with Crippen LogP contribution in [0.5, 0.6) is 5.75 Å². The molecule has 0 radical (unpaired) electrons. The van der Waals surface area contributed by atoms with Crippen molar-refractivity contribution >= 4 is 11.8 Å². The molecule has 0 heterocycles. The normalized spacial score (nSPS) is 12.5. The number of hydrogen-bond acceptors (Lipinski definition) is 3. The van der Waals surface area contributed by atoms with E-state index in [1.165, 1.54) is 19.2 Å². The van der Waals surface area contributed by atoms with E-state index < -0.39 is 17.8 Å². The van der Waals surface area contributed by atoms with Crippen molar-refractivity contribution in [3.63, 3.8) is 0 Å². The fourth-order valence-electron chi connectivity index (χ4n) is 1.63. The molecule has 0 saturated heterocycles. The summed E-state index contributed by atoms with van der Waals surface area (Å²) in [5.41, 5.74) is -0.258. The van der Waals surface area contributed by atoms with Gasteiger partial charge in [0.05, 0.1) is 7.11 Å². The smallest absolute Gasteiger partial charge is 0.252 e. The summed E-state index contributed by atoms with van der Waals surface area (Å²) in [4.78, 5) is 23.9. The lowest BCUT2D eigenvalue weighted by Crippen LogP contribution is -2.50. The molecule has 1 aromatic rings. The predicted molar refractivity (Wildman–Crippen MR) is 77.8 cm³/mol. The Morgan fingerprint density at radius 2 is 1.90 bits per heavy atom. The van der Waals surface area contributed by atoms with Crippen molar-refractivity contribution in [2.45, 2.75) is 39.3 Å². The summed E-state index contributed by atoms with van der Waals surface area (Å²) in [6, 6.07) is 3.15. The molecule has 21 heavy (non-hydrogen) atoms. The fraction of sp³-hybridized carbons (Fsp3) is 0.467. The predicted octanol–water partition coefficient (Wildman–Crippen LogP) is 1.87. The van der Waals surface area contributed by atoms with Gasteiger partial charge in [0.15, 0.2) is 11.6 Å². The van der Waals surface area contributed by atoms with E-state index in [4.69, 9.17) is 4.74 Å².